The Balaban J connectivity index is 2.56. The van der Waals surface area contributed by atoms with Crippen LogP contribution in [-0.4, -0.2) is 49.0 Å². The van der Waals surface area contributed by atoms with E-state index in [4.69, 9.17) is 4.99 Å². The average Bonchev–Trinajstić information content (AvgIpc) is 2.64. The van der Waals surface area contributed by atoms with E-state index in [2.05, 4.69) is 66.8 Å². The van der Waals surface area contributed by atoms with Crippen molar-refractivity contribution >= 4 is 17.7 Å². The minimum absolute atomic E-state index is 0.715. The van der Waals surface area contributed by atoms with Gasteiger partial charge in [0.2, 0.25) is 0 Å². The molecule has 0 aliphatic rings. The van der Waals surface area contributed by atoms with Crippen molar-refractivity contribution in [2.45, 2.75) is 46.7 Å². The lowest BCUT2D eigenvalue weighted by Gasteiger charge is -2.18. The summed E-state index contributed by atoms with van der Waals surface area (Å²) >= 11 is 1.91. The van der Waals surface area contributed by atoms with Crippen molar-refractivity contribution in [2.75, 3.05) is 38.2 Å². The molecule has 0 heterocycles. The zero-order valence-corrected chi connectivity index (χ0v) is 17.3. The first-order valence-electron chi connectivity index (χ1n) is 9.54. The molecule has 0 unspecified atom stereocenters. The number of benzene rings is 1. The first-order valence-corrected chi connectivity index (χ1v) is 10.9. The lowest BCUT2D eigenvalue weighted by atomic mass is 10.1. The van der Waals surface area contributed by atoms with E-state index in [1.54, 1.807) is 0 Å². The molecule has 0 saturated heterocycles. The molecule has 0 radical (unpaired) electrons. The summed E-state index contributed by atoms with van der Waals surface area (Å²) < 4.78 is 0. The molecule has 25 heavy (non-hydrogen) atoms. The molecule has 1 aromatic carbocycles. The van der Waals surface area contributed by atoms with E-state index in [0.29, 0.717) is 6.54 Å². The minimum Gasteiger partial charge on any atom is -0.357 e. The third-order valence-corrected chi connectivity index (χ3v) is 4.82. The molecule has 0 amide bonds. The maximum atomic E-state index is 4.74. The predicted octanol–water partition coefficient (Wildman–Crippen LogP) is 3.73. The van der Waals surface area contributed by atoms with Crippen molar-refractivity contribution < 1.29 is 0 Å². The number of aliphatic imine (C=N–C) groups is 1. The minimum atomic E-state index is 0.715. The number of rotatable bonds is 12. The molecule has 2 N–H and O–H groups in total. The fraction of sp³-hybridized carbons (Fsp3) is 0.650. The molecule has 0 aromatic heterocycles. The van der Waals surface area contributed by atoms with Crippen molar-refractivity contribution in [3.63, 3.8) is 0 Å². The van der Waals surface area contributed by atoms with E-state index in [1.165, 1.54) is 29.7 Å². The predicted molar refractivity (Wildman–Crippen MR) is 114 cm³/mol. The highest BCUT2D eigenvalue weighted by molar-refractivity contribution is 7.98. The third-order valence-electron chi connectivity index (χ3n) is 4.12. The van der Waals surface area contributed by atoms with Crippen LogP contribution in [-0.2, 0) is 13.1 Å². The van der Waals surface area contributed by atoms with Gasteiger partial charge >= 0.3 is 0 Å². The van der Waals surface area contributed by atoms with Crippen LogP contribution in [0.5, 0.6) is 0 Å². The first-order chi connectivity index (χ1) is 12.2. The lowest BCUT2D eigenvalue weighted by Crippen LogP contribution is -2.37. The SMILES string of the molecule is CCNC(=NCc1cccc(CN(CC)CC)c1)NCCCCSC. The summed E-state index contributed by atoms with van der Waals surface area (Å²) in [5.41, 5.74) is 2.63. The van der Waals surface area contributed by atoms with Crippen molar-refractivity contribution in [1.29, 1.82) is 0 Å². The molecule has 0 spiro atoms. The van der Waals surface area contributed by atoms with E-state index >= 15 is 0 Å². The number of guanidine groups is 1. The highest BCUT2D eigenvalue weighted by atomic mass is 32.2. The van der Waals surface area contributed by atoms with Gasteiger partial charge in [0.15, 0.2) is 5.96 Å². The average molecular weight is 365 g/mol. The van der Waals surface area contributed by atoms with Crippen LogP contribution >= 0.6 is 11.8 Å². The van der Waals surface area contributed by atoms with Crippen LogP contribution in [0.1, 0.15) is 44.7 Å². The number of nitrogens with one attached hydrogen (secondary N) is 2. The summed E-state index contributed by atoms with van der Waals surface area (Å²) in [6.07, 6.45) is 4.60. The van der Waals surface area contributed by atoms with E-state index in [0.717, 1.165) is 38.7 Å². The zero-order chi connectivity index (χ0) is 18.3. The molecule has 0 saturated carbocycles. The van der Waals surface area contributed by atoms with E-state index in [9.17, 15) is 0 Å². The molecule has 0 fully saturated rings. The van der Waals surface area contributed by atoms with Crippen molar-refractivity contribution in [3.8, 4) is 0 Å². The Morgan fingerprint density at radius 3 is 2.52 bits per heavy atom. The molecule has 5 heteroatoms. The van der Waals surface area contributed by atoms with Gasteiger partial charge in [-0.25, -0.2) is 4.99 Å². The maximum Gasteiger partial charge on any atom is 0.191 e. The van der Waals surface area contributed by atoms with Gasteiger partial charge in [-0.2, -0.15) is 11.8 Å². The number of thioether (sulfide) groups is 1. The summed E-state index contributed by atoms with van der Waals surface area (Å²) in [7, 11) is 0. The van der Waals surface area contributed by atoms with Gasteiger partial charge < -0.3 is 10.6 Å². The Morgan fingerprint density at radius 2 is 1.84 bits per heavy atom. The molecule has 1 rings (SSSR count). The number of hydrogen-bond donors (Lipinski definition) is 2. The van der Waals surface area contributed by atoms with Crippen LogP contribution in [0, 0.1) is 0 Å². The van der Waals surface area contributed by atoms with Gasteiger partial charge in [-0.05, 0) is 56.0 Å². The summed E-state index contributed by atoms with van der Waals surface area (Å²) in [6, 6.07) is 8.80. The van der Waals surface area contributed by atoms with Crippen LogP contribution in [0.4, 0.5) is 0 Å². The van der Waals surface area contributed by atoms with Gasteiger partial charge in [0.1, 0.15) is 0 Å². The second-order valence-electron chi connectivity index (χ2n) is 6.10. The zero-order valence-electron chi connectivity index (χ0n) is 16.5. The van der Waals surface area contributed by atoms with E-state index < -0.39 is 0 Å². The van der Waals surface area contributed by atoms with Crippen LogP contribution < -0.4 is 10.6 Å². The molecule has 1 aromatic rings. The van der Waals surface area contributed by atoms with Crippen LogP contribution in [0.25, 0.3) is 0 Å². The van der Waals surface area contributed by atoms with Gasteiger partial charge in [0.25, 0.3) is 0 Å². The standard InChI is InChI=1S/C20H36N4S/c1-5-21-20(22-13-8-9-14-25-4)23-16-18-11-10-12-19(15-18)17-24(6-2)7-3/h10-12,15H,5-9,13-14,16-17H2,1-4H3,(H2,21,22,23). The van der Waals surface area contributed by atoms with Gasteiger partial charge in [-0.1, -0.05) is 38.1 Å². The quantitative estimate of drug-likeness (QED) is 0.337. The molecule has 0 aliphatic carbocycles. The van der Waals surface area contributed by atoms with Gasteiger partial charge in [0, 0.05) is 19.6 Å². The summed E-state index contributed by atoms with van der Waals surface area (Å²) in [4.78, 5) is 7.17. The van der Waals surface area contributed by atoms with Gasteiger partial charge in [-0.3, -0.25) is 4.90 Å². The summed E-state index contributed by atoms with van der Waals surface area (Å²) in [5.74, 6) is 2.15. The fourth-order valence-corrected chi connectivity index (χ4v) is 3.11. The number of hydrogen-bond acceptors (Lipinski definition) is 3. The Hall–Kier alpha value is -1.20. The first kappa shape index (κ1) is 21.8. The molecule has 142 valence electrons. The summed E-state index contributed by atoms with van der Waals surface area (Å²) in [6.45, 7) is 12.3. The van der Waals surface area contributed by atoms with Crippen molar-refractivity contribution in [1.82, 2.24) is 15.5 Å². The van der Waals surface area contributed by atoms with E-state index in [-0.39, 0.29) is 0 Å². The van der Waals surface area contributed by atoms with Crippen molar-refractivity contribution in [3.05, 3.63) is 35.4 Å². The largest absolute Gasteiger partial charge is 0.357 e. The second-order valence-corrected chi connectivity index (χ2v) is 7.09. The molecule has 0 bridgehead atoms. The van der Waals surface area contributed by atoms with Crippen molar-refractivity contribution in [2.24, 2.45) is 4.99 Å². The highest BCUT2D eigenvalue weighted by Gasteiger charge is 2.02. The molecule has 4 nitrogen and oxygen atoms in total. The Morgan fingerprint density at radius 1 is 1.08 bits per heavy atom. The maximum absolute atomic E-state index is 4.74. The van der Waals surface area contributed by atoms with Gasteiger partial charge in [-0.15, -0.1) is 0 Å². The summed E-state index contributed by atoms with van der Waals surface area (Å²) in [5, 5.41) is 6.77. The molecule has 0 aliphatic heterocycles. The third kappa shape index (κ3) is 9.75. The monoisotopic (exact) mass is 364 g/mol. The molecule has 0 atom stereocenters. The lowest BCUT2D eigenvalue weighted by molar-refractivity contribution is 0.296. The van der Waals surface area contributed by atoms with Crippen LogP contribution in [0.2, 0.25) is 0 Å². The number of unbranched alkanes of at least 4 members (excludes halogenated alkanes) is 1. The number of nitrogens with zero attached hydrogens (tertiary/aromatic N) is 2. The molecular formula is C20H36N4S. The Kier molecular flexibility index (Phi) is 12.2. The highest BCUT2D eigenvalue weighted by Crippen LogP contribution is 2.09. The normalized spacial score (nSPS) is 11.8. The Bertz CT molecular complexity index is 486. The topological polar surface area (TPSA) is 39.7 Å². The molecular weight excluding hydrogens is 328 g/mol. The van der Waals surface area contributed by atoms with Crippen LogP contribution in [0.15, 0.2) is 29.3 Å². The van der Waals surface area contributed by atoms with E-state index in [1.807, 2.05) is 11.8 Å². The Labute approximate surface area is 158 Å². The second kappa shape index (κ2) is 14.0. The fourth-order valence-electron chi connectivity index (χ4n) is 2.62. The smallest absolute Gasteiger partial charge is 0.191 e. The van der Waals surface area contributed by atoms with Crippen LogP contribution in [0.3, 0.4) is 0 Å². The van der Waals surface area contributed by atoms with Gasteiger partial charge in [0.05, 0.1) is 6.54 Å².